The Labute approximate surface area is 95.0 Å². The Morgan fingerprint density at radius 3 is 3.19 bits per heavy atom. The zero-order valence-electron chi connectivity index (χ0n) is 9.38. The predicted molar refractivity (Wildman–Crippen MR) is 62.5 cm³/mol. The van der Waals surface area contributed by atoms with Gasteiger partial charge in [0.15, 0.2) is 0 Å². The fourth-order valence-corrected chi connectivity index (χ4v) is 1.84. The van der Waals surface area contributed by atoms with Crippen molar-refractivity contribution in [3.63, 3.8) is 0 Å². The Morgan fingerprint density at radius 1 is 1.50 bits per heavy atom. The molecule has 2 N–H and O–H groups in total. The van der Waals surface area contributed by atoms with Gasteiger partial charge in [-0.15, -0.1) is 0 Å². The molecule has 16 heavy (non-hydrogen) atoms. The van der Waals surface area contributed by atoms with Gasteiger partial charge in [0.25, 0.3) is 0 Å². The van der Waals surface area contributed by atoms with Crippen LogP contribution in [0, 0.1) is 0 Å². The molecule has 0 saturated carbocycles. The van der Waals surface area contributed by atoms with E-state index in [-0.39, 0.29) is 0 Å². The summed E-state index contributed by atoms with van der Waals surface area (Å²) in [7, 11) is 0. The Hall–Kier alpha value is -1.55. The lowest BCUT2D eigenvalue weighted by Crippen LogP contribution is -2.23. The Morgan fingerprint density at radius 2 is 2.38 bits per heavy atom. The number of amides is 1. The summed E-state index contributed by atoms with van der Waals surface area (Å²) >= 11 is 0. The maximum absolute atomic E-state index is 11.2. The number of benzene rings is 1. The molecule has 2 rings (SSSR count). The number of rotatable bonds is 2. The lowest BCUT2D eigenvalue weighted by atomic mass is 10.0. The summed E-state index contributed by atoms with van der Waals surface area (Å²) in [4.78, 5) is 11.2. The number of hydrogen-bond donors (Lipinski definition) is 2. The maximum Gasteiger partial charge on any atom is 0.411 e. The predicted octanol–water partition coefficient (Wildman–Crippen LogP) is 1.90. The number of anilines is 1. The van der Waals surface area contributed by atoms with Gasteiger partial charge in [-0.05, 0) is 43.1 Å². The highest BCUT2D eigenvalue weighted by atomic mass is 16.5. The minimum absolute atomic E-state index is 0.387. The third-order valence-corrected chi connectivity index (χ3v) is 2.61. The van der Waals surface area contributed by atoms with Gasteiger partial charge >= 0.3 is 6.09 Å². The van der Waals surface area contributed by atoms with Crippen LogP contribution in [0.5, 0.6) is 0 Å². The summed E-state index contributed by atoms with van der Waals surface area (Å²) < 4.78 is 4.82. The summed E-state index contributed by atoms with van der Waals surface area (Å²) in [5, 5.41) is 6.01. The topological polar surface area (TPSA) is 50.4 Å². The van der Waals surface area contributed by atoms with E-state index in [1.54, 1.807) is 6.92 Å². The number of carbonyl (C=O) groups excluding carboxylic acids is 1. The molecule has 0 unspecified atom stereocenters. The van der Waals surface area contributed by atoms with E-state index in [9.17, 15) is 4.79 Å². The second-order valence-electron chi connectivity index (χ2n) is 3.76. The zero-order valence-corrected chi connectivity index (χ0v) is 9.38. The van der Waals surface area contributed by atoms with Gasteiger partial charge in [-0.3, -0.25) is 5.32 Å². The normalized spacial score (nSPS) is 14.1. The zero-order chi connectivity index (χ0) is 11.4. The average Bonchev–Trinajstić information content (AvgIpc) is 2.29. The molecule has 1 aliphatic heterocycles. The molecule has 1 aliphatic rings. The molecule has 0 atom stereocenters. The molecule has 0 aliphatic carbocycles. The highest BCUT2D eigenvalue weighted by Gasteiger charge is 2.10. The number of ether oxygens (including phenoxy) is 1. The van der Waals surface area contributed by atoms with Crippen molar-refractivity contribution in [1.29, 1.82) is 0 Å². The molecule has 86 valence electrons. The van der Waals surface area contributed by atoms with E-state index in [0.29, 0.717) is 6.61 Å². The van der Waals surface area contributed by atoms with E-state index in [1.165, 1.54) is 11.1 Å². The molecule has 4 heteroatoms. The van der Waals surface area contributed by atoms with Crippen LogP contribution in [-0.4, -0.2) is 19.2 Å². The quantitative estimate of drug-likeness (QED) is 0.800. The molecular weight excluding hydrogens is 204 g/mol. The van der Waals surface area contributed by atoms with Gasteiger partial charge < -0.3 is 10.1 Å². The van der Waals surface area contributed by atoms with E-state index >= 15 is 0 Å². The number of fused-ring (bicyclic) bond motifs is 1. The van der Waals surface area contributed by atoms with Crippen molar-refractivity contribution in [3.8, 4) is 0 Å². The van der Waals surface area contributed by atoms with Crippen molar-refractivity contribution in [2.45, 2.75) is 19.9 Å². The third kappa shape index (κ3) is 2.52. The highest BCUT2D eigenvalue weighted by molar-refractivity contribution is 5.84. The van der Waals surface area contributed by atoms with Gasteiger partial charge in [0, 0.05) is 12.2 Å². The summed E-state index contributed by atoms with van der Waals surface area (Å²) in [5.41, 5.74) is 3.40. The molecule has 0 bridgehead atoms. The molecule has 0 aromatic heterocycles. The first-order valence-electron chi connectivity index (χ1n) is 5.56. The van der Waals surface area contributed by atoms with Crippen molar-refractivity contribution < 1.29 is 9.53 Å². The van der Waals surface area contributed by atoms with Crippen molar-refractivity contribution in [2.75, 3.05) is 18.5 Å². The standard InChI is InChI=1S/C12H16N2O2/c1-2-16-12(15)14-11-4-3-9-5-6-13-8-10(9)7-11/h3-4,7,13H,2,5-6,8H2,1H3,(H,14,15). The molecule has 1 aromatic rings. The lowest BCUT2D eigenvalue weighted by molar-refractivity contribution is 0.168. The molecule has 0 radical (unpaired) electrons. The molecular formula is C12H16N2O2. The molecule has 0 saturated heterocycles. The van der Waals surface area contributed by atoms with Gasteiger partial charge in [-0.1, -0.05) is 6.07 Å². The first-order chi connectivity index (χ1) is 7.79. The Kier molecular flexibility index (Phi) is 3.41. The molecule has 1 aromatic carbocycles. The van der Waals surface area contributed by atoms with Crippen molar-refractivity contribution in [2.24, 2.45) is 0 Å². The van der Waals surface area contributed by atoms with Crippen LogP contribution < -0.4 is 10.6 Å². The van der Waals surface area contributed by atoms with Gasteiger partial charge in [-0.25, -0.2) is 4.79 Å². The van der Waals surface area contributed by atoms with Crippen molar-refractivity contribution in [3.05, 3.63) is 29.3 Å². The SMILES string of the molecule is CCOC(=O)Nc1ccc2c(c1)CNCC2. The summed E-state index contributed by atoms with van der Waals surface area (Å²) in [6.07, 6.45) is 0.654. The fourth-order valence-electron chi connectivity index (χ4n) is 1.84. The fraction of sp³-hybridized carbons (Fsp3) is 0.417. The largest absolute Gasteiger partial charge is 0.450 e. The van der Waals surface area contributed by atoms with Gasteiger partial charge in [-0.2, -0.15) is 0 Å². The van der Waals surface area contributed by atoms with Crippen LogP contribution in [0.1, 0.15) is 18.1 Å². The summed E-state index contributed by atoms with van der Waals surface area (Å²) in [6, 6.07) is 5.98. The Balaban J connectivity index is 2.08. The maximum atomic E-state index is 11.2. The van der Waals surface area contributed by atoms with E-state index in [1.807, 2.05) is 12.1 Å². The minimum atomic E-state index is -0.397. The van der Waals surface area contributed by atoms with Crippen LogP contribution in [0.15, 0.2) is 18.2 Å². The monoisotopic (exact) mass is 220 g/mol. The molecule has 4 nitrogen and oxygen atoms in total. The second-order valence-corrected chi connectivity index (χ2v) is 3.76. The van der Waals surface area contributed by atoms with Crippen molar-refractivity contribution >= 4 is 11.8 Å². The smallest absolute Gasteiger partial charge is 0.411 e. The Bertz CT molecular complexity index is 391. The van der Waals surface area contributed by atoms with Gasteiger partial charge in [0.05, 0.1) is 6.61 Å². The van der Waals surface area contributed by atoms with Crippen LogP contribution in [0.2, 0.25) is 0 Å². The number of carbonyl (C=O) groups is 1. The van der Waals surface area contributed by atoms with E-state index in [4.69, 9.17) is 4.74 Å². The van der Waals surface area contributed by atoms with E-state index < -0.39 is 6.09 Å². The average molecular weight is 220 g/mol. The molecule has 0 spiro atoms. The third-order valence-electron chi connectivity index (χ3n) is 2.61. The summed E-state index contributed by atoms with van der Waals surface area (Å²) in [5.74, 6) is 0. The molecule has 1 heterocycles. The highest BCUT2D eigenvalue weighted by Crippen LogP contribution is 2.18. The van der Waals surface area contributed by atoms with Gasteiger partial charge in [0.1, 0.15) is 0 Å². The molecule has 1 amide bonds. The van der Waals surface area contributed by atoms with Crippen LogP contribution in [-0.2, 0) is 17.7 Å². The van der Waals surface area contributed by atoms with Crippen molar-refractivity contribution in [1.82, 2.24) is 5.32 Å². The minimum Gasteiger partial charge on any atom is -0.450 e. The lowest BCUT2D eigenvalue weighted by Gasteiger charge is -2.17. The first kappa shape index (κ1) is 11.0. The summed E-state index contributed by atoms with van der Waals surface area (Å²) in [6.45, 7) is 4.07. The molecule has 0 fully saturated rings. The van der Waals surface area contributed by atoms with Crippen LogP contribution >= 0.6 is 0 Å². The van der Waals surface area contributed by atoms with E-state index in [0.717, 1.165) is 25.2 Å². The van der Waals surface area contributed by atoms with Crippen LogP contribution in [0.25, 0.3) is 0 Å². The van der Waals surface area contributed by atoms with Gasteiger partial charge in [0.2, 0.25) is 0 Å². The van der Waals surface area contributed by atoms with Crippen LogP contribution in [0.4, 0.5) is 10.5 Å². The van der Waals surface area contributed by atoms with Crippen LogP contribution in [0.3, 0.4) is 0 Å². The second kappa shape index (κ2) is 4.99. The number of hydrogen-bond acceptors (Lipinski definition) is 3. The number of nitrogens with one attached hydrogen (secondary N) is 2. The first-order valence-corrected chi connectivity index (χ1v) is 5.56. The van der Waals surface area contributed by atoms with E-state index in [2.05, 4.69) is 16.7 Å².